The maximum atomic E-state index is 12.9. The van der Waals surface area contributed by atoms with Crippen LogP contribution in [0.15, 0.2) is 36.7 Å². The van der Waals surface area contributed by atoms with Gasteiger partial charge in [-0.25, -0.2) is 0 Å². The number of nitrogens with zero attached hydrogens (tertiary/aromatic N) is 5. The van der Waals surface area contributed by atoms with Gasteiger partial charge >= 0.3 is 0 Å². The quantitative estimate of drug-likeness (QED) is 0.760. The summed E-state index contributed by atoms with van der Waals surface area (Å²) in [5, 5.41) is 0. The van der Waals surface area contributed by atoms with E-state index in [2.05, 4.69) is 14.9 Å². The van der Waals surface area contributed by atoms with Crippen molar-refractivity contribution >= 4 is 17.4 Å². The molecule has 1 aromatic carbocycles. The van der Waals surface area contributed by atoms with Gasteiger partial charge in [0.25, 0.3) is 5.91 Å². The van der Waals surface area contributed by atoms with Gasteiger partial charge in [0, 0.05) is 51.4 Å². The topological polar surface area (TPSA) is 71.0 Å². The number of benzene rings is 1. The Labute approximate surface area is 171 Å². The third-order valence-electron chi connectivity index (χ3n) is 5.27. The SMILES string of the molecule is CN(C)c1cncc(O[C@H]2CCN(C(=O)c3ccc(N4CCOCC4)cc3)C2)n1. The van der Waals surface area contributed by atoms with Crippen molar-refractivity contribution in [1.82, 2.24) is 14.9 Å². The van der Waals surface area contributed by atoms with Crippen LogP contribution in [-0.2, 0) is 4.74 Å². The van der Waals surface area contributed by atoms with Crippen LogP contribution in [0, 0.1) is 0 Å². The minimum Gasteiger partial charge on any atom is -0.471 e. The average molecular weight is 397 g/mol. The summed E-state index contributed by atoms with van der Waals surface area (Å²) in [5.41, 5.74) is 1.84. The van der Waals surface area contributed by atoms with Gasteiger partial charge in [-0.3, -0.25) is 9.78 Å². The molecule has 8 heteroatoms. The molecule has 4 rings (SSSR count). The summed E-state index contributed by atoms with van der Waals surface area (Å²) in [6, 6.07) is 7.86. The largest absolute Gasteiger partial charge is 0.471 e. The molecule has 0 N–H and O–H groups in total. The fourth-order valence-corrected chi connectivity index (χ4v) is 3.61. The highest BCUT2D eigenvalue weighted by Crippen LogP contribution is 2.21. The monoisotopic (exact) mass is 397 g/mol. The minimum atomic E-state index is -0.0710. The first-order valence-corrected chi connectivity index (χ1v) is 9.98. The third-order valence-corrected chi connectivity index (χ3v) is 5.27. The standard InChI is InChI=1S/C21H27N5O3/c1-24(2)19-13-22-14-20(23-19)29-18-7-8-26(15-18)21(27)16-3-5-17(6-4-16)25-9-11-28-12-10-25/h3-6,13-14,18H,7-12,15H2,1-2H3/t18-/m0/s1. The fourth-order valence-electron chi connectivity index (χ4n) is 3.61. The van der Waals surface area contributed by atoms with Crippen LogP contribution in [0.2, 0.25) is 0 Å². The maximum Gasteiger partial charge on any atom is 0.253 e. The van der Waals surface area contributed by atoms with Crippen molar-refractivity contribution in [2.75, 3.05) is 63.3 Å². The van der Waals surface area contributed by atoms with Crippen molar-refractivity contribution in [2.24, 2.45) is 0 Å². The lowest BCUT2D eigenvalue weighted by Crippen LogP contribution is -2.36. The zero-order chi connectivity index (χ0) is 20.2. The van der Waals surface area contributed by atoms with Crippen molar-refractivity contribution in [3.63, 3.8) is 0 Å². The summed E-state index contributed by atoms with van der Waals surface area (Å²) in [6.45, 7) is 4.50. The highest BCUT2D eigenvalue weighted by Gasteiger charge is 2.29. The van der Waals surface area contributed by atoms with E-state index in [1.165, 1.54) is 0 Å². The molecule has 0 saturated carbocycles. The van der Waals surface area contributed by atoms with Gasteiger partial charge in [-0.15, -0.1) is 0 Å². The number of likely N-dealkylation sites (tertiary alicyclic amines) is 1. The second kappa shape index (κ2) is 8.65. The molecule has 3 heterocycles. The first-order chi connectivity index (χ1) is 14.1. The molecule has 0 spiro atoms. The van der Waals surface area contributed by atoms with Gasteiger partial charge in [0.1, 0.15) is 6.10 Å². The predicted octanol–water partition coefficient (Wildman–Crippen LogP) is 1.67. The second-order valence-corrected chi connectivity index (χ2v) is 7.54. The average Bonchev–Trinajstić information content (AvgIpc) is 3.22. The highest BCUT2D eigenvalue weighted by molar-refractivity contribution is 5.94. The van der Waals surface area contributed by atoms with E-state index in [1.54, 1.807) is 12.4 Å². The molecular weight excluding hydrogens is 370 g/mol. The molecule has 8 nitrogen and oxygen atoms in total. The highest BCUT2D eigenvalue weighted by atomic mass is 16.5. The van der Waals surface area contributed by atoms with Gasteiger partial charge in [-0.05, 0) is 24.3 Å². The Morgan fingerprint density at radius 3 is 2.62 bits per heavy atom. The third kappa shape index (κ3) is 4.59. The van der Waals surface area contributed by atoms with E-state index in [1.807, 2.05) is 48.2 Å². The number of hydrogen-bond donors (Lipinski definition) is 0. The number of amides is 1. The number of carbonyl (C=O) groups excluding carboxylic acids is 1. The second-order valence-electron chi connectivity index (χ2n) is 7.54. The molecule has 29 heavy (non-hydrogen) atoms. The Balaban J connectivity index is 1.35. The number of carbonyl (C=O) groups is 1. The molecule has 0 aliphatic carbocycles. The van der Waals surface area contributed by atoms with Crippen molar-refractivity contribution in [2.45, 2.75) is 12.5 Å². The molecule has 2 fully saturated rings. The van der Waals surface area contributed by atoms with Crippen molar-refractivity contribution in [1.29, 1.82) is 0 Å². The molecule has 1 amide bonds. The minimum absolute atomic E-state index is 0.0396. The molecule has 0 bridgehead atoms. The summed E-state index contributed by atoms with van der Waals surface area (Å²) in [7, 11) is 3.82. The number of hydrogen-bond acceptors (Lipinski definition) is 7. The van der Waals surface area contributed by atoms with E-state index < -0.39 is 0 Å². The Morgan fingerprint density at radius 1 is 1.14 bits per heavy atom. The maximum absolute atomic E-state index is 12.9. The number of rotatable bonds is 5. The first kappa shape index (κ1) is 19.4. The van der Waals surface area contributed by atoms with E-state index >= 15 is 0 Å². The van der Waals surface area contributed by atoms with Crippen LogP contribution in [0.4, 0.5) is 11.5 Å². The molecule has 1 atom stereocenters. The van der Waals surface area contributed by atoms with Gasteiger partial charge in [0.15, 0.2) is 5.82 Å². The van der Waals surface area contributed by atoms with Crippen LogP contribution in [0.25, 0.3) is 0 Å². The number of ether oxygens (including phenoxy) is 2. The van der Waals surface area contributed by atoms with Crippen LogP contribution in [-0.4, -0.2) is 80.4 Å². The van der Waals surface area contributed by atoms with E-state index in [0.29, 0.717) is 24.5 Å². The van der Waals surface area contributed by atoms with Crippen LogP contribution in [0.1, 0.15) is 16.8 Å². The molecule has 2 aromatic rings. The lowest BCUT2D eigenvalue weighted by atomic mass is 10.1. The van der Waals surface area contributed by atoms with Gasteiger partial charge in [-0.1, -0.05) is 0 Å². The molecule has 0 radical (unpaired) electrons. The normalized spacial score (nSPS) is 19.3. The van der Waals surface area contributed by atoms with E-state index in [4.69, 9.17) is 9.47 Å². The van der Waals surface area contributed by atoms with Gasteiger partial charge in [-0.2, -0.15) is 4.98 Å². The Bertz CT molecular complexity index is 836. The van der Waals surface area contributed by atoms with Crippen LogP contribution in [0.5, 0.6) is 5.88 Å². The predicted molar refractivity (Wildman–Crippen MR) is 111 cm³/mol. The van der Waals surface area contributed by atoms with Crippen molar-refractivity contribution in [3.05, 3.63) is 42.2 Å². The number of anilines is 2. The number of morpholine rings is 1. The zero-order valence-corrected chi connectivity index (χ0v) is 17.0. The summed E-state index contributed by atoms with van der Waals surface area (Å²) >= 11 is 0. The van der Waals surface area contributed by atoms with Crippen LogP contribution < -0.4 is 14.5 Å². The van der Waals surface area contributed by atoms with Gasteiger partial charge in [0.2, 0.25) is 5.88 Å². The Morgan fingerprint density at radius 2 is 1.90 bits per heavy atom. The zero-order valence-electron chi connectivity index (χ0n) is 17.0. The Hall–Kier alpha value is -2.87. The van der Waals surface area contributed by atoms with E-state index in [9.17, 15) is 4.79 Å². The van der Waals surface area contributed by atoms with Gasteiger partial charge < -0.3 is 24.2 Å². The molecule has 0 unspecified atom stereocenters. The van der Waals surface area contributed by atoms with Crippen LogP contribution in [0.3, 0.4) is 0 Å². The first-order valence-electron chi connectivity index (χ1n) is 9.98. The molecule has 2 aliphatic rings. The van der Waals surface area contributed by atoms with Crippen LogP contribution >= 0.6 is 0 Å². The summed E-state index contributed by atoms with van der Waals surface area (Å²) < 4.78 is 11.4. The number of aromatic nitrogens is 2. The molecule has 2 aliphatic heterocycles. The Kier molecular flexibility index (Phi) is 5.80. The summed E-state index contributed by atoms with van der Waals surface area (Å²) in [4.78, 5) is 27.5. The van der Waals surface area contributed by atoms with Crippen molar-refractivity contribution in [3.8, 4) is 5.88 Å². The summed E-state index contributed by atoms with van der Waals surface area (Å²) in [6.07, 6.45) is 4.02. The fraction of sp³-hybridized carbons (Fsp3) is 0.476. The summed E-state index contributed by atoms with van der Waals surface area (Å²) in [5.74, 6) is 1.27. The lowest BCUT2D eigenvalue weighted by molar-refractivity contribution is 0.0771. The molecule has 154 valence electrons. The van der Waals surface area contributed by atoms with E-state index in [-0.39, 0.29) is 12.0 Å². The van der Waals surface area contributed by atoms with Gasteiger partial charge in [0.05, 0.1) is 32.2 Å². The molecular formula is C21H27N5O3. The molecule has 1 aromatic heterocycles. The lowest BCUT2D eigenvalue weighted by Gasteiger charge is -2.29. The smallest absolute Gasteiger partial charge is 0.253 e. The van der Waals surface area contributed by atoms with Crippen molar-refractivity contribution < 1.29 is 14.3 Å². The van der Waals surface area contributed by atoms with E-state index in [0.717, 1.165) is 44.2 Å². The molecule has 2 saturated heterocycles.